The molecule has 2 heterocycles. The number of aliphatic carboxylic acids is 1. The van der Waals surface area contributed by atoms with E-state index in [2.05, 4.69) is 25.8 Å². The van der Waals surface area contributed by atoms with Gasteiger partial charge in [0.05, 0.1) is 19.0 Å². The van der Waals surface area contributed by atoms with E-state index < -0.39 is 17.5 Å². The van der Waals surface area contributed by atoms with Crippen molar-refractivity contribution in [1.29, 1.82) is 0 Å². The lowest BCUT2D eigenvalue weighted by molar-refractivity contribution is -0.144. The molecule has 0 radical (unpaired) electrons. The molecule has 1 saturated heterocycles. The van der Waals surface area contributed by atoms with Gasteiger partial charge in [0.1, 0.15) is 0 Å². The third kappa shape index (κ3) is 2.51. The lowest BCUT2D eigenvalue weighted by Crippen LogP contribution is -2.56. The number of ether oxygens (including phenoxy) is 1. The van der Waals surface area contributed by atoms with Crippen LogP contribution in [0.4, 0.5) is 10.7 Å². The summed E-state index contributed by atoms with van der Waals surface area (Å²) in [5, 5.41) is 20.8. The van der Waals surface area contributed by atoms with Crippen molar-refractivity contribution < 1.29 is 19.4 Å². The van der Waals surface area contributed by atoms with Gasteiger partial charge >= 0.3 is 12.0 Å². The number of carbonyl (C=O) groups is 2. The maximum Gasteiger partial charge on any atom is 0.332 e. The Bertz CT molecular complexity index is 446. The summed E-state index contributed by atoms with van der Waals surface area (Å²) in [6.07, 6.45) is 2.92. The Labute approximate surface area is 102 Å². The second kappa shape index (κ2) is 4.92. The number of carboxylic acids is 1. The highest BCUT2D eigenvalue weighted by atomic mass is 16.5. The van der Waals surface area contributed by atoms with Crippen LogP contribution in [0.15, 0.2) is 12.4 Å². The number of nitrogens with one attached hydrogen (secondary N) is 2. The van der Waals surface area contributed by atoms with Crippen molar-refractivity contribution in [3.05, 3.63) is 12.4 Å². The number of urea groups is 1. The molecular weight excluding hydrogens is 242 g/mol. The number of amides is 2. The van der Waals surface area contributed by atoms with Gasteiger partial charge in [-0.1, -0.05) is 0 Å². The normalized spacial score (nSPS) is 22.4. The summed E-state index contributed by atoms with van der Waals surface area (Å²) in [5.74, 6) is -1.14. The van der Waals surface area contributed by atoms with Crippen LogP contribution in [-0.2, 0) is 9.53 Å². The number of aromatic nitrogens is 3. The van der Waals surface area contributed by atoms with E-state index in [1.54, 1.807) is 0 Å². The third-order valence-corrected chi connectivity index (χ3v) is 2.49. The standard InChI is InChI=1S/C9H11N5O4/c15-6(16)9(1-4-18-5-9)13-8(17)12-7-10-2-3-11-14-7/h2-3H,1,4-5H2,(H,15,16)(H2,10,12,13,14,17). The van der Waals surface area contributed by atoms with Crippen molar-refractivity contribution in [2.45, 2.75) is 12.0 Å². The number of anilines is 1. The van der Waals surface area contributed by atoms with Gasteiger partial charge in [-0.25, -0.2) is 14.6 Å². The predicted molar refractivity (Wildman–Crippen MR) is 57.8 cm³/mol. The summed E-state index contributed by atoms with van der Waals surface area (Å²) < 4.78 is 5.01. The Hall–Kier alpha value is -2.29. The molecule has 0 saturated carbocycles. The molecule has 1 aliphatic rings. The number of hydrogen-bond donors (Lipinski definition) is 3. The number of carbonyl (C=O) groups excluding carboxylic acids is 1. The second-order valence-corrected chi connectivity index (χ2v) is 3.74. The van der Waals surface area contributed by atoms with Crippen LogP contribution < -0.4 is 10.6 Å². The molecule has 0 aromatic carbocycles. The number of nitrogens with zero attached hydrogens (tertiary/aromatic N) is 3. The van der Waals surface area contributed by atoms with E-state index in [1.807, 2.05) is 0 Å². The zero-order chi connectivity index (χ0) is 13.0. The third-order valence-electron chi connectivity index (χ3n) is 2.49. The van der Waals surface area contributed by atoms with E-state index in [0.717, 1.165) is 0 Å². The van der Waals surface area contributed by atoms with Crippen molar-refractivity contribution in [2.24, 2.45) is 0 Å². The van der Waals surface area contributed by atoms with Crippen LogP contribution in [0.2, 0.25) is 0 Å². The maximum atomic E-state index is 11.6. The summed E-state index contributed by atoms with van der Waals surface area (Å²) in [4.78, 5) is 26.5. The summed E-state index contributed by atoms with van der Waals surface area (Å²) in [7, 11) is 0. The van der Waals surface area contributed by atoms with E-state index in [0.29, 0.717) is 0 Å². The Morgan fingerprint density at radius 1 is 1.44 bits per heavy atom. The van der Waals surface area contributed by atoms with Crippen LogP contribution in [0.25, 0.3) is 0 Å². The zero-order valence-corrected chi connectivity index (χ0v) is 9.29. The van der Waals surface area contributed by atoms with Crippen LogP contribution in [0.1, 0.15) is 6.42 Å². The van der Waals surface area contributed by atoms with E-state index in [9.17, 15) is 9.59 Å². The van der Waals surface area contributed by atoms with Gasteiger partial charge in [0.2, 0.25) is 0 Å². The first-order valence-corrected chi connectivity index (χ1v) is 5.16. The Morgan fingerprint density at radius 3 is 2.83 bits per heavy atom. The zero-order valence-electron chi connectivity index (χ0n) is 9.29. The molecule has 96 valence electrons. The van der Waals surface area contributed by atoms with Crippen molar-refractivity contribution >= 4 is 17.9 Å². The number of carboxylic acid groups (broad SMARTS) is 1. The minimum absolute atomic E-state index is 0.00514. The van der Waals surface area contributed by atoms with Gasteiger partial charge in [0, 0.05) is 13.0 Å². The Balaban J connectivity index is 2.00. The molecular formula is C9H11N5O4. The first kappa shape index (κ1) is 12.2. The smallest absolute Gasteiger partial charge is 0.332 e. The molecule has 1 aromatic rings. The first-order chi connectivity index (χ1) is 8.62. The molecule has 1 unspecified atom stereocenters. The van der Waals surface area contributed by atoms with Crippen LogP contribution in [-0.4, -0.2) is 51.0 Å². The molecule has 1 fully saturated rings. The monoisotopic (exact) mass is 253 g/mol. The lowest BCUT2D eigenvalue weighted by atomic mass is 9.99. The Morgan fingerprint density at radius 2 is 2.28 bits per heavy atom. The van der Waals surface area contributed by atoms with Crippen molar-refractivity contribution in [1.82, 2.24) is 20.5 Å². The molecule has 0 spiro atoms. The fourth-order valence-corrected chi connectivity index (χ4v) is 1.54. The van der Waals surface area contributed by atoms with Gasteiger partial charge in [0.15, 0.2) is 5.54 Å². The highest BCUT2D eigenvalue weighted by Gasteiger charge is 2.44. The molecule has 1 aromatic heterocycles. The van der Waals surface area contributed by atoms with Gasteiger partial charge in [-0.2, -0.15) is 5.10 Å². The molecule has 2 amide bonds. The molecule has 1 aliphatic heterocycles. The first-order valence-electron chi connectivity index (χ1n) is 5.16. The van der Waals surface area contributed by atoms with E-state index >= 15 is 0 Å². The van der Waals surface area contributed by atoms with Crippen molar-refractivity contribution in [3.8, 4) is 0 Å². The van der Waals surface area contributed by atoms with E-state index in [-0.39, 0.29) is 25.6 Å². The minimum Gasteiger partial charge on any atom is -0.479 e. The number of rotatable bonds is 3. The summed E-state index contributed by atoms with van der Waals surface area (Å²) >= 11 is 0. The van der Waals surface area contributed by atoms with Gasteiger partial charge < -0.3 is 15.2 Å². The fraction of sp³-hybridized carbons (Fsp3) is 0.444. The molecule has 9 nitrogen and oxygen atoms in total. The summed E-state index contributed by atoms with van der Waals surface area (Å²) in [6, 6.07) is -0.712. The molecule has 18 heavy (non-hydrogen) atoms. The van der Waals surface area contributed by atoms with E-state index in [1.165, 1.54) is 12.4 Å². The molecule has 9 heteroatoms. The summed E-state index contributed by atoms with van der Waals surface area (Å²) in [6.45, 7) is 0.222. The minimum atomic E-state index is -1.40. The SMILES string of the molecule is O=C(Nc1nccnn1)NC1(C(=O)O)CCOC1. The highest BCUT2D eigenvalue weighted by Crippen LogP contribution is 2.18. The largest absolute Gasteiger partial charge is 0.479 e. The summed E-state index contributed by atoms with van der Waals surface area (Å²) in [5.41, 5.74) is -1.40. The molecule has 2 rings (SSSR count). The molecule has 0 bridgehead atoms. The van der Waals surface area contributed by atoms with Crippen molar-refractivity contribution in [2.75, 3.05) is 18.5 Å². The van der Waals surface area contributed by atoms with Crippen LogP contribution in [0.3, 0.4) is 0 Å². The van der Waals surface area contributed by atoms with Crippen molar-refractivity contribution in [3.63, 3.8) is 0 Å². The fourth-order valence-electron chi connectivity index (χ4n) is 1.54. The quantitative estimate of drug-likeness (QED) is 0.646. The molecule has 0 aliphatic carbocycles. The lowest BCUT2D eigenvalue weighted by Gasteiger charge is -2.23. The Kier molecular flexibility index (Phi) is 3.33. The van der Waals surface area contributed by atoms with Crippen LogP contribution in [0.5, 0.6) is 0 Å². The average molecular weight is 253 g/mol. The van der Waals surface area contributed by atoms with Gasteiger partial charge in [-0.15, -0.1) is 5.10 Å². The maximum absolute atomic E-state index is 11.6. The number of hydrogen-bond acceptors (Lipinski definition) is 6. The topological polar surface area (TPSA) is 126 Å². The predicted octanol–water partition coefficient (Wildman–Crippen LogP) is -0.763. The average Bonchev–Trinajstić information content (AvgIpc) is 2.80. The van der Waals surface area contributed by atoms with Crippen LogP contribution >= 0.6 is 0 Å². The van der Waals surface area contributed by atoms with Crippen LogP contribution in [0, 0.1) is 0 Å². The van der Waals surface area contributed by atoms with Gasteiger partial charge in [-0.3, -0.25) is 5.32 Å². The molecule has 3 N–H and O–H groups in total. The van der Waals surface area contributed by atoms with Gasteiger partial charge in [0.25, 0.3) is 5.95 Å². The second-order valence-electron chi connectivity index (χ2n) is 3.74. The van der Waals surface area contributed by atoms with Gasteiger partial charge in [-0.05, 0) is 0 Å². The van der Waals surface area contributed by atoms with E-state index in [4.69, 9.17) is 9.84 Å². The molecule has 1 atom stereocenters. The highest BCUT2D eigenvalue weighted by molar-refractivity contribution is 5.92.